The van der Waals surface area contributed by atoms with Gasteiger partial charge in [-0.1, -0.05) is 0 Å². The minimum atomic E-state index is 0. The third-order valence-electron chi connectivity index (χ3n) is 0. The zero-order valence-electron chi connectivity index (χ0n) is 1.32. The van der Waals surface area contributed by atoms with Gasteiger partial charge >= 0.3 is 48.9 Å². The minimum Gasteiger partial charge on any atom is 0 e. The molecule has 0 heterocycles. The Bertz CT molecular complexity index is 8.00. The predicted octanol–water partition coefficient (Wildman–Crippen LogP) is -1.75. The van der Waals surface area contributed by atoms with Gasteiger partial charge in [-0.15, -0.1) is 0 Å². The molecule has 0 unspecified atom stereocenters. The Labute approximate surface area is 90.5 Å². The average Bonchev–Trinajstić information content (AvgIpc) is 0. The van der Waals surface area contributed by atoms with Crippen LogP contribution >= 0.6 is 0 Å². The topological polar surface area (TPSA) is 31.5 Å². The molecule has 26 valence electrons. The van der Waals surface area contributed by atoms with Gasteiger partial charge in [-0.25, -0.2) is 0 Å². The Kier molecular flexibility index (Phi) is 127. The SMILES string of the molecule is O.[BaH2].[Ni].[Ti]. The Balaban J connectivity index is 0. The van der Waals surface area contributed by atoms with Crippen molar-refractivity contribution < 1.29 is 43.7 Å². The summed E-state index contributed by atoms with van der Waals surface area (Å²) < 4.78 is 0. The van der Waals surface area contributed by atoms with Crippen molar-refractivity contribution in [2.45, 2.75) is 0 Å². The maximum Gasteiger partial charge on any atom is 0 e. The van der Waals surface area contributed by atoms with Crippen molar-refractivity contribution in [2.75, 3.05) is 0 Å². The van der Waals surface area contributed by atoms with Crippen LogP contribution in [0.2, 0.25) is 0 Å². The van der Waals surface area contributed by atoms with Crippen molar-refractivity contribution in [1.29, 1.82) is 0 Å². The van der Waals surface area contributed by atoms with Crippen molar-refractivity contribution in [3.8, 4) is 0 Å². The van der Waals surface area contributed by atoms with E-state index in [1.165, 1.54) is 0 Å². The summed E-state index contributed by atoms with van der Waals surface area (Å²) in [6.07, 6.45) is 0. The number of hydrogen-bond donors (Lipinski definition) is 0. The van der Waals surface area contributed by atoms with Crippen LogP contribution in [0.3, 0.4) is 0 Å². The minimum absolute atomic E-state index is 0. The first kappa shape index (κ1) is 29.6. The summed E-state index contributed by atoms with van der Waals surface area (Å²) in [5.74, 6) is 0. The summed E-state index contributed by atoms with van der Waals surface area (Å²) in [5.41, 5.74) is 0. The van der Waals surface area contributed by atoms with E-state index in [4.69, 9.17) is 0 Å². The monoisotopic (exact) mass is 264 g/mol. The first-order valence-corrected chi connectivity index (χ1v) is 0. The van der Waals surface area contributed by atoms with Crippen LogP contribution in [0.5, 0.6) is 0 Å². The molecular weight excluding hydrogens is 260 g/mol. The van der Waals surface area contributed by atoms with E-state index < -0.39 is 0 Å². The molecule has 4 heteroatoms. The fraction of sp³-hybridized carbons (Fsp3) is 0. The largest absolute Gasteiger partial charge is 0 e. The molecule has 0 fully saturated rings. The Morgan fingerprint density at radius 2 is 1.00 bits per heavy atom. The van der Waals surface area contributed by atoms with Crippen LogP contribution < -0.4 is 0 Å². The molecule has 0 saturated heterocycles. The normalized spacial score (nSPS) is 0. The number of rotatable bonds is 0. The quantitative estimate of drug-likeness (QED) is 0.465. The molecule has 4 heavy (non-hydrogen) atoms. The van der Waals surface area contributed by atoms with E-state index in [9.17, 15) is 0 Å². The first-order valence-electron chi connectivity index (χ1n) is 0. The van der Waals surface area contributed by atoms with Crippen LogP contribution in [0.1, 0.15) is 0 Å². The molecule has 0 radical (unpaired) electrons. The fourth-order valence-electron chi connectivity index (χ4n) is 0. The van der Waals surface area contributed by atoms with E-state index in [0.717, 1.165) is 0 Å². The molecule has 1 nitrogen and oxygen atoms in total. The van der Waals surface area contributed by atoms with E-state index in [0.29, 0.717) is 0 Å². The second-order valence-electron chi connectivity index (χ2n) is 0. The molecule has 0 aromatic carbocycles. The van der Waals surface area contributed by atoms with Crippen LogP contribution in [0.25, 0.3) is 0 Å². The van der Waals surface area contributed by atoms with E-state index in [1.54, 1.807) is 0 Å². The maximum atomic E-state index is 0. The predicted molar refractivity (Wildman–Crippen MR) is 12.2 cm³/mol. The molecule has 0 atom stereocenters. The molecular formula is H4BaNiOTi. The molecule has 0 aromatic heterocycles. The van der Waals surface area contributed by atoms with Crippen molar-refractivity contribution in [2.24, 2.45) is 0 Å². The van der Waals surface area contributed by atoms with Crippen LogP contribution in [0.4, 0.5) is 0 Å². The molecule has 0 rings (SSSR count). The fourth-order valence-corrected chi connectivity index (χ4v) is 0. The van der Waals surface area contributed by atoms with E-state index in [2.05, 4.69) is 0 Å². The van der Waals surface area contributed by atoms with Crippen molar-refractivity contribution in [3.05, 3.63) is 0 Å². The second-order valence-corrected chi connectivity index (χ2v) is 0. The first-order chi connectivity index (χ1) is 0. The number of hydrogen-bond acceptors (Lipinski definition) is 0. The summed E-state index contributed by atoms with van der Waals surface area (Å²) in [7, 11) is 0. The van der Waals surface area contributed by atoms with Crippen LogP contribution in [0, 0.1) is 0 Å². The third-order valence-corrected chi connectivity index (χ3v) is 0. The summed E-state index contributed by atoms with van der Waals surface area (Å²) in [5, 5.41) is 0. The van der Waals surface area contributed by atoms with Crippen LogP contribution in [-0.2, 0) is 38.2 Å². The second kappa shape index (κ2) is 17.2. The van der Waals surface area contributed by atoms with Gasteiger partial charge in [-0.2, -0.15) is 0 Å². The summed E-state index contributed by atoms with van der Waals surface area (Å²) in [6.45, 7) is 0. The maximum absolute atomic E-state index is 0. The zero-order chi connectivity index (χ0) is 0. The Hall–Kier alpha value is 2.74. The van der Waals surface area contributed by atoms with Gasteiger partial charge in [0.2, 0.25) is 0 Å². The molecule has 0 aromatic rings. The Morgan fingerprint density at radius 1 is 1.00 bits per heavy atom. The van der Waals surface area contributed by atoms with Gasteiger partial charge < -0.3 is 5.48 Å². The molecule has 0 spiro atoms. The van der Waals surface area contributed by atoms with Gasteiger partial charge in [-0.05, 0) is 0 Å². The molecule has 0 amide bonds. The average molecular weight is 264 g/mol. The van der Waals surface area contributed by atoms with Crippen LogP contribution in [-0.4, -0.2) is 54.4 Å². The van der Waals surface area contributed by atoms with Crippen molar-refractivity contribution in [3.63, 3.8) is 0 Å². The van der Waals surface area contributed by atoms with Crippen molar-refractivity contribution in [1.82, 2.24) is 0 Å². The molecule has 0 bridgehead atoms. The van der Waals surface area contributed by atoms with Gasteiger partial charge in [0.15, 0.2) is 0 Å². The molecule has 0 saturated carbocycles. The summed E-state index contributed by atoms with van der Waals surface area (Å²) in [4.78, 5) is 0. The van der Waals surface area contributed by atoms with Gasteiger partial charge in [0.1, 0.15) is 0 Å². The summed E-state index contributed by atoms with van der Waals surface area (Å²) in [6, 6.07) is 0. The summed E-state index contributed by atoms with van der Waals surface area (Å²) >= 11 is 0. The molecule has 0 aliphatic carbocycles. The van der Waals surface area contributed by atoms with Gasteiger partial charge in [-0.3, -0.25) is 0 Å². The smallest absolute Gasteiger partial charge is 0 e. The third kappa shape index (κ3) is 8.83. The standard InChI is InChI=1S/Ba.Ni.H2O.Ti.2H/h;;1H2;;;. The van der Waals surface area contributed by atoms with E-state index >= 15 is 0 Å². The van der Waals surface area contributed by atoms with E-state index in [-0.39, 0.29) is 92.6 Å². The zero-order valence-corrected chi connectivity index (χ0v) is 3.87. The van der Waals surface area contributed by atoms with Gasteiger partial charge in [0.05, 0.1) is 0 Å². The Morgan fingerprint density at radius 3 is 1.00 bits per heavy atom. The van der Waals surface area contributed by atoms with Crippen molar-refractivity contribution >= 4 is 48.9 Å². The molecule has 0 aliphatic rings. The van der Waals surface area contributed by atoms with Gasteiger partial charge in [0.25, 0.3) is 0 Å². The molecule has 2 N–H and O–H groups in total. The molecule has 0 aliphatic heterocycles. The van der Waals surface area contributed by atoms with Crippen LogP contribution in [0.15, 0.2) is 0 Å². The van der Waals surface area contributed by atoms with E-state index in [1.807, 2.05) is 0 Å². The van der Waals surface area contributed by atoms with Gasteiger partial charge in [0, 0.05) is 38.2 Å².